The number of rotatable bonds is 2. The molecule has 2 nitrogen and oxygen atoms in total. The zero-order valence-electron chi connectivity index (χ0n) is 6.25. The highest BCUT2D eigenvalue weighted by atomic mass is 16.5. The highest BCUT2D eigenvalue weighted by Gasteiger charge is 2.43. The molecule has 2 fully saturated rings. The third-order valence-corrected chi connectivity index (χ3v) is 2.72. The molecule has 1 saturated heterocycles. The van der Waals surface area contributed by atoms with Crippen molar-refractivity contribution in [3.8, 4) is 0 Å². The lowest BCUT2D eigenvalue weighted by molar-refractivity contribution is 0.0900. The van der Waals surface area contributed by atoms with Gasteiger partial charge in [0.2, 0.25) is 0 Å². The Bertz CT molecular complexity index is 120. The largest absolute Gasteiger partial charge is 0.378 e. The van der Waals surface area contributed by atoms with Crippen molar-refractivity contribution in [1.82, 2.24) is 0 Å². The molecular weight excluding hydrogens is 126 g/mol. The van der Waals surface area contributed by atoms with E-state index in [1.165, 1.54) is 19.3 Å². The van der Waals surface area contributed by atoms with Crippen molar-refractivity contribution < 1.29 is 4.74 Å². The maximum Gasteiger partial charge on any atom is 0.0607 e. The smallest absolute Gasteiger partial charge is 0.0607 e. The van der Waals surface area contributed by atoms with E-state index in [0.29, 0.717) is 6.10 Å². The van der Waals surface area contributed by atoms with Crippen LogP contribution in [0, 0.1) is 11.8 Å². The van der Waals surface area contributed by atoms with Crippen molar-refractivity contribution in [3.63, 3.8) is 0 Å². The molecule has 0 aromatic heterocycles. The molecule has 0 amide bonds. The fourth-order valence-electron chi connectivity index (χ4n) is 1.94. The third kappa shape index (κ3) is 1.06. The Balaban J connectivity index is 1.79. The first kappa shape index (κ1) is 6.62. The molecule has 3 unspecified atom stereocenters. The molecule has 58 valence electrons. The van der Waals surface area contributed by atoms with Gasteiger partial charge in [0, 0.05) is 6.61 Å². The summed E-state index contributed by atoms with van der Waals surface area (Å²) in [6.07, 6.45) is 4.44. The molecule has 2 heteroatoms. The lowest BCUT2D eigenvalue weighted by atomic mass is 10.1. The van der Waals surface area contributed by atoms with Gasteiger partial charge in [-0.3, -0.25) is 0 Å². The summed E-state index contributed by atoms with van der Waals surface area (Å²) in [5, 5.41) is 0. The first-order valence-corrected chi connectivity index (χ1v) is 4.23. The van der Waals surface area contributed by atoms with E-state index in [9.17, 15) is 0 Å². The van der Waals surface area contributed by atoms with Gasteiger partial charge < -0.3 is 10.5 Å². The molecule has 0 aromatic carbocycles. The molecule has 2 aliphatic rings. The first-order chi connectivity index (χ1) is 4.92. The van der Waals surface area contributed by atoms with Crippen LogP contribution in [0.4, 0.5) is 0 Å². The van der Waals surface area contributed by atoms with E-state index in [4.69, 9.17) is 10.5 Å². The Kier molecular flexibility index (Phi) is 1.66. The maximum atomic E-state index is 5.55. The summed E-state index contributed by atoms with van der Waals surface area (Å²) < 4.78 is 5.55. The van der Waals surface area contributed by atoms with Crippen LogP contribution >= 0.6 is 0 Å². The fraction of sp³-hybridized carbons (Fsp3) is 1.00. The van der Waals surface area contributed by atoms with Crippen LogP contribution in [-0.2, 0) is 4.74 Å². The minimum absolute atomic E-state index is 0.577. The highest BCUT2D eigenvalue weighted by Crippen LogP contribution is 2.44. The first-order valence-electron chi connectivity index (χ1n) is 4.23. The van der Waals surface area contributed by atoms with Crippen LogP contribution < -0.4 is 5.73 Å². The maximum absolute atomic E-state index is 5.55. The molecule has 0 aromatic rings. The second-order valence-electron chi connectivity index (χ2n) is 3.45. The topological polar surface area (TPSA) is 35.2 Å². The van der Waals surface area contributed by atoms with Crippen molar-refractivity contribution in [2.45, 2.75) is 25.4 Å². The van der Waals surface area contributed by atoms with E-state index in [1.807, 2.05) is 0 Å². The second kappa shape index (κ2) is 2.51. The lowest BCUT2D eigenvalue weighted by Gasteiger charge is -2.06. The van der Waals surface area contributed by atoms with Gasteiger partial charge in [0.1, 0.15) is 0 Å². The Morgan fingerprint density at radius 1 is 1.50 bits per heavy atom. The SMILES string of the molecule is NCC1CC1C1CCCO1. The van der Waals surface area contributed by atoms with Crippen molar-refractivity contribution in [1.29, 1.82) is 0 Å². The van der Waals surface area contributed by atoms with Gasteiger partial charge in [-0.1, -0.05) is 0 Å². The van der Waals surface area contributed by atoms with Crippen molar-refractivity contribution in [3.05, 3.63) is 0 Å². The van der Waals surface area contributed by atoms with Gasteiger partial charge in [-0.15, -0.1) is 0 Å². The zero-order valence-corrected chi connectivity index (χ0v) is 6.25. The van der Waals surface area contributed by atoms with Crippen LogP contribution in [0.15, 0.2) is 0 Å². The van der Waals surface area contributed by atoms with Crippen LogP contribution in [0.2, 0.25) is 0 Å². The molecule has 0 radical (unpaired) electrons. The van der Waals surface area contributed by atoms with Crippen molar-refractivity contribution >= 4 is 0 Å². The molecule has 1 saturated carbocycles. The van der Waals surface area contributed by atoms with E-state index in [-0.39, 0.29) is 0 Å². The standard InChI is InChI=1S/C8H15NO/c9-5-6-4-7(6)8-2-1-3-10-8/h6-8H,1-5,9H2. The summed E-state index contributed by atoms with van der Waals surface area (Å²) >= 11 is 0. The summed E-state index contributed by atoms with van der Waals surface area (Å²) in [5.41, 5.74) is 5.54. The highest BCUT2D eigenvalue weighted by molar-refractivity contribution is 4.93. The Morgan fingerprint density at radius 3 is 2.90 bits per heavy atom. The average Bonchev–Trinajstić information content (AvgIpc) is 2.56. The lowest BCUT2D eigenvalue weighted by Crippen LogP contribution is -2.12. The third-order valence-electron chi connectivity index (χ3n) is 2.72. The monoisotopic (exact) mass is 141 g/mol. The van der Waals surface area contributed by atoms with E-state index in [1.54, 1.807) is 0 Å². The molecular formula is C8H15NO. The molecule has 1 aliphatic carbocycles. The molecule has 2 rings (SSSR count). The quantitative estimate of drug-likeness (QED) is 0.616. The van der Waals surface area contributed by atoms with E-state index in [2.05, 4.69) is 0 Å². The average molecular weight is 141 g/mol. The van der Waals surface area contributed by atoms with Crippen LogP contribution in [0.5, 0.6) is 0 Å². The van der Waals surface area contributed by atoms with E-state index in [0.717, 1.165) is 25.0 Å². The molecule has 1 heterocycles. The Hall–Kier alpha value is -0.0800. The second-order valence-corrected chi connectivity index (χ2v) is 3.45. The van der Waals surface area contributed by atoms with Gasteiger partial charge in [0.05, 0.1) is 6.10 Å². The molecule has 2 N–H and O–H groups in total. The summed E-state index contributed by atoms with van der Waals surface area (Å²) in [5.74, 6) is 1.62. The van der Waals surface area contributed by atoms with Crippen LogP contribution in [0.3, 0.4) is 0 Å². The molecule has 1 aliphatic heterocycles. The number of ether oxygens (including phenoxy) is 1. The minimum Gasteiger partial charge on any atom is -0.378 e. The summed E-state index contributed by atoms with van der Waals surface area (Å²) in [4.78, 5) is 0. The van der Waals surface area contributed by atoms with Crippen LogP contribution in [0.25, 0.3) is 0 Å². The summed E-state index contributed by atoms with van der Waals surface area (Å²) in [6, 6.07) is 0. The molecule has 0 spiro atoms. The van der Waals surface area contributed by atoms with Crippen LogP contribution in [-0.4, -0.2) is 19.3 Å². The predicted molar refractivity (Wildman–Crippen MR) is 39.6 cm³/mol. The van der Waals surface area contributed by atoms with Gasteiger partial charge in [-0.25, -0.2) is 0 Å². The van der Waals surface area contributed by atoms with Crippen molar-refractivity contribution in [2.24, 2.45) is 17.6 Å². The fourth-order valence-corrected chi connectivity index (χ4v) is 1.94. The summed E-state index contributed by atoms with van der Waals surface area (Å²) in [7, 11) is 0. The Morgan fingerprint density at radius 2 is 2.40 bits per heavy atom. The van der Waals surface area contributed by atoms with E-state index >= 15 is 0 Å². The molecule has 10 heavy (non-hydrogen) atoms. The van der Waals surface area contributed by atoms with Crippen molar-refractivity contribution in [2.75, 3.05) is 13.2 Å². The van der Waals surface area contributed by atoms with E-state index < -0.39 is 0 Å². The van der Waals surface area contributed by atoms with Gasteiger partial charge in [-0.05, 0) is 37.6 Å². The minimum atomic E-state index is 0.577. The van der Waals surface area contributed by atoms with Gasteiger partial charge in [-0.2, -0.15) is 0 Å². The summed E-state index contributed by atoms with van der Waals surface area (Å²) in [6.45, 7) is 1.85. The van der Waals surface area contributed by atoms with Crippen LogP contribution in [0.1, 0.15) is 19.3 Å². The predicted octanol–water partition coefficient (Wildman–Crippen LogP) is 0.760. The van der Waals surface area contributed by atoms with Gasteiger partial charge >= 0.3 is 0 Å². The zero-order chi connectivity index (χ0) is 6.97. The Labute approximate surface area is 61.7 Å². The normalized spacial score (nSPS) is 45.9. The number of hydrogen-bond donors (Lipinski definition) is 1. The molecule has 0 bridgehead atoms. The molecule has 3 atom stereocenters. The van der Waals surface area contributed by atoms with Gasteiger partial charge in [0.15, 0.2) is 0 Å². The number of nitrogens with two attached hydrogens (primary N) is 1. The number of hydrogen-bond acceptors (Lipinski definition) is 2. The van der Waals surface area contributed by atoms with Gasteiger partial charge in [0.25, 0.3) is 0 Å².